The van der Waals surface area contributed by atoms with Gasteiger partial charge >= 0.3 is 0 Å². The molecule has 2 rings (SSSR count). The number of benzene rings is 1. The summed E-state index contributed by atoms with van der Waals surface area (Å²) in [6, 6.07) is 7.95. The summed E-state index contributed by atoms with van der Waals surface area (Å²) in [6.45, 7) is 4.08. The molecule has 0 N–H and O–H groups in total. The molecule has 1 aliphatic heterocycles. The second-order valence-corrected chi connectivity index (χ2v) is 6.61. The predicted octanol–water partition coefficient (Wildman–Crippen LogP) is 4.39. The van der Waals surface area contributed by atoms with Crippen molar-refractivity contribution in [2.45, 2.75) is 0 Å². The summed E-state index contributed by atoms with van der Waals surface area (Å²) in [7, 11) is 0. The van der Waals surface area contributed by atoms with Gasteiger partial charge in [0.15, 0.2) is 0 Å². The van der Waals surface area contributed by atoms with Crippen LogP contribution in [-0.4, -0.2) is 21.7 Å². The molecule has 0 atom stereocenters. The minimum absolute atomic E-state index is 0.0552. The van der Waals surface area contributed by atoms with E-state index in [1.807, 2.05) is 36.4 Å². The average Bonchev–Trinajstić information content (AvgIpc) is 2.69. The number of amides is 1. The van der Waals surface area contributed by atoms with E-state index >= 15 is 0 Å². The Bertz CT molecular complexity index is 605. The van der Waals surface area contributed by atoms with E-state index in [1.54, 1.807) is 17.1 Å². The Morgan fingerprint density at radius 1 is 1.35 bits per heavy atom. The number of nitrogens with zero attached hydrogens (tertiary/aromatic N) is 1. The third-order valence-electron chi connectivity index (χ3n) is 2.59. The predicted molar refractivity (Wildman–Crippen MR) is 93.4 cm³/mol. The number of allylic oxidation sites excluding steroid dienone is 2. The van der Waals surface area contributed by atoms with Gasteiger partial charge in [0.2, 0.25) is 0 Å². The fourth-order valence-corrected chi connectivity index (χ4v) is 3.11. The molecule has 1 aromatic carbocycles. The summed E-state index contributed by atoms with van der Waals surface area (Å²) in [5.74, 6) is -0.0552. The zero-order valence-electron chi connectivity index (χ0n) is 10.6. The average molecular weight is 366 g/mol. The largest absolute Gasteiger partial charge is 0.289 e. The highest BCUT2D eigenvalue weighted by molar-refractivity contribution is 9.10. The third-order valence-corrected chi connectivity index (χ3v) is 4.52. The number of halogens is 1. The maximum atomic E-state index is 12.1. The highest BCUT2D eigenvalue weighted by Crippen LogP contribution is 2.30. The fraction of sp³-hybridized carbons (Fsp3) is 0.0667. The van der Waals surface area contributed by atoms with Gasteiger partial charge in [-0.15, -0.1) is 6.58 Å². The first-order valence-electron chi connectivity index (χ1n) is 5.90. The molecule has 2 nitrogen and oxygen atoms in total. The SMILES string of the molecule is C=CCN1C(=O)/C(=C\C=C\c2ccc(Br)cc2)SC1=S. The molecule has 1 amide bonds. The Morgan fingerprint density at radius 3 is 2.70 bits per heavy atom. The molecule has 0 saturated carbocycles. The molecule has 0 unspecified atom stereocenters. The number of thioether (sulfide) groups is 1. The molecule has 0 bridgehead atoms. The minimum atomic E-state index is -0.0552. The van der Waals surface area contributed by atoms with Crippen LogP contribution in [0.4, 0.5) is 0 Å². The minimum Gasteiger partial charge on any atom is -0.289 e. The number of rotatable bonds is 4. The van der Waals surface area contributed by atoms with E-state index in [2.05, 4.69) is 22.5 Å². The van der Waals surface area contributed by atoms with E-state index < -0.39 is 0 Å². The van der Waals surface area contributed by atoms with Gasteiger partial charge in [-0.1, -0.05) is 70.3 Å². The van der Waals surface area contributed by atoms with Crippen molar-refractivity contribution in [3.8, 4) is 0 Å². The summed E-state index contributed by atoms with van der Waals surface area (Å²) in [6.07, 6.45) is 7.28. The maximum absolute atomic E-state index is 12.1. The first kappa shape index (κ1) is 15.2. The van der Waals surface area contributed by atoms with Gasteiger partial charge in [0.05, 0.1) is 4.91 Å². The van der Waals surface area contributed by atoms with Crippen LogP contribution in [0.15, 0.2) is 58.5 Å². The molecule has 1 aliphatic rings. The molecule has 0 aliphatic carbocycles. The summed E-state index contributed by atoms with van der Waals surface area (Å²) in [5, 5.41) is 0. The van der Waals surface area contributed by atoms with Crippen LogP contribution >= 0.6 is 39.9 Å². The van der Waals surface area contributed by atoms with Crippen molar-refractivity contribution in [2.24, 2.45) is 0 Å². The second kappa shape index (κ2) is 7.02. The van der Waals surface area contributed by atoms with E-state index in [4.69, 9.17) is 12.2 Å². The van der Waals surface area contributed by atoms with Crippen LogP contribution < -0.4 is 0 Å². The van der Waals surface area contributed by atoms with Crippen molar-refractivity contribution in [3.05, 3.63) is 64.0 Å². The maximum Gasteiger partial charge on any atom is 0.266 e. The van der Waals surface area contributed by atoms with E-state index in [-0.39, 0.29) is 5.91 Å². The lowest BCUT2D eigenvalue weighted by atomic mass is 10.2. The summed E-state index contributed by atoms with van der Waals surface area (Å²) in [5.41, 5.74) is 1.08. The molecule has 1 saturated heterocycles. The second-order valence-electron chi connectivity index (χ2n) is 4.01. The number of hydrogen-bond donors (Lipinski definition) is 0. The van der Waals surface area contributed by atoms with E-state index in [0.29, 0.717) is 15.8 Å². The molecular weight excluding hydrogens is 354 g/mol. The zero-order chi connectivity index (χ0) is 14.5. The third kappa shape index (κ3) is 3.69. The number of carbonyl (C=O) groups excluding carboxylic acids is 1. The van der Waals surface area contributed by atoms with Crippen molar-refractivity contribution in [2.75, 3.05) is 6.54 Å². The Morgan fingerprint density at radius 2 is 2.05 bits per heavy atom. The van der Waals surface area contributed by atoms with E-state index in [1.165, 1.54) is 11.8 Å². The summed E-state index contributed by atoms with van der Waals surface area (Å²) < 4.78 is 1.62. The molecule has 0 spiro atoms. The van der Waals surface area contributed by atoms with Crippen LogP contribution in [0.25, 0.3) is 6.08 Å². The van der Waals surface area contributed by atoms with Crippen LogP contribution in [0.5, 0.6) is 0 Å². The van der Waals surface area contributed by atoms with Crippen LogP contribution in [0, 0.1) is 0 Å². The Kier molecular flexibility index (Phi) is 5.34. The molecule has 5 heteroatoms. The van der Waals surface area contributed by atoms with Gasteiger partial charge in [-0.3, -0.25) is 9.69 Å². The Balaban J connectivity index is 2.08. The van der Waals surface area contributed by atoms with Crippen molar-refractivity contribution in [1.29, 1.82) is 0 Å². The lowest BCUT2D eigenvalue weighted by Crippen LogP contribution is -2.27. The van der Waals surface area contributed by atoms with Crippen LogP contribution in [0.3, 0.4) is 0 Å². The van der Waals surface area contributed by atoms with Crippen molar-refractivity contribution >= 4 is 56.2 Å². The monoisotopic (exact) mass is 365 g/mol. The van der Waals surface area contributed by atoms with Gasteiger partial charge in [0.25, 0.3) is 5.91 Å². The smallest absolute Gasteiger partial charge is 0.266 e. The Hall–Kier alpha value is -1.17. The molecule has 0 aromatic heterocycles. The highest BCUT2D eigenvalue weighted by Gasteiger charge is 2.30. The number of carbonyl (C=O) groups is 1. The topological polar surface area (TPSA) is 20.3 Å². The molecule has 1 fully saturated rings. The number of hydrogen-bond acceptors (Lipinski definition) is 3. The van der Waals surface area contributed by atoms with Crippen molar-refractivity contribution in [1.82, 2.24) is 4.90 Å². The van der Waals surface area contributed by atoms with Crippen molar-refractivity contribution < 1.29 is 4.79 Å². The van der Waals surface area contributed by atoms with Gasteiger partial charge < -0.3 is 0 Å². The number of thiocarbonyl (C=S) groups is 1. The van der Waals surface area contributed by atoms with Gasteiger partial charge in [-0.05, 0) is 23.8 Å². The van der Waals surface area contributed by atoms with Gasteiger partial charge in [0.1, 0.15) is 4.32 Å². The lowest BCUT2D eigenvalue weighted by molar-refractivity contribution is -0.121. The molecule has 102 valence electrons. The standard InChI is InChI=1S/C15H12BrNOS2/c1-2-10-17-14(18)13(20-15(17)19)5-3-4-11-6-8-12(16)9-7-11/h2-9H,1,10H2/b4-3+,13-5+. The van der Waals surface area contributed by atoms with Crippen LogP contribution in [-0.2, 0) is 4.79 Å². The van der Waals surface area contributed by atoms with Crippen LogP contribution in [0.2, 0.25) is 0 Å². The van der Waals surface area contributed by atoms with Crippen LogP contribution in [0.1, 0.15) is 5.56 Å². The first-order chi connectivity index (χ1) is 9.61. The van der Waals surface area contributed by atoms with E-state index in [0.717, 1.165) is 10.0 Å². The zero-order valence-corrected chi connectivity index (χ0v) is 13.8. The van der Waals surface area contributed by atoms with E-state index in [9.17, 15) is 4.79 Å². The van der Waals surface area contributed by atoms with Gasteiger partial charge in [-0.25, -0.2) is 0 Å². The molecule has 1 aromatic rings. The fourth-order valence-electron chi connectivity index (χ4n) is 1.62. The summed E-state index contributed by atoms with van der Waals surface area (Å²) in [4.78, 5) is 14.2. The Labute approximate surface area is 136 Å². The molecule has 1 heterocycles. The van der Waals surface area contributed by atoms with Crippen molar-refractivity contribution in [3.63, 3.8) is 0 Å². The highest BCUT2D eigenvalue weighted by atomic mass is 79.9. The van der Waals surface area contributed by atoms with Gasteiger partial charge in [-0.2, -0.15) is 0 Å². The first-order valence-corrected chi connectivity index (χ1v) is 7.92. The lowest BCUT2D eigenvalue weighted by Gasteiger charge is -2.10. The molecule has 0 radical (unpaired) electrons. The quantitative estimate of drug-likeness (QED) is 0.448. The van der Waals surface area contributed by atoms with Gasteiger partial charge in [0, 0.05) is 11.0 Å². The normalized spacial score (nSPS) is 17.4. The molecule has 20 heavy (non-hydrogen) atoms. The summed E-state index contributed by atoms with van der Waals surface area (Å²) >= 11 is 9.88. The molecular formula is C15H12BrNOS2.